The van der Waals surface area contributed by atoms with Gasteiger partial charge in [0.25, 0.3) is 0 Å². The molecule has 0 aliphatic heterocycles. The van der Waals surface area contributed by atoms with Crippen molar-refractivity contribution < 1.29 is 4.79 Å². The van der Waals surface area contributed by atoms with Gasteiger partial charge in [-0.1, -0.05) is 32.8 Å². The molecule has 3 unspecified atom stereocenters. The van der Waals surface area contributed by atoms with E-state index in [9.17, 15) is 4.79 Å². The van der Waals surface area contributed by atoms with Gasteiger partial charge in [0.15, 0.2) is 0 Å². The molecule has 1 heterocycles. The monoisotopic (exact) mass is 335 g/mol. The molecule has 0 amide bonds. The summed E-state index contributed by atoms with van der Waals surface area (Å²) in [6, 6.07) is 3.98. The Labute approximate surface area is 129 Å². The lowest BCUT2D eigenvalue weighted by molar-refractivity contribution is -0.124. The van der Waals surface area contributed by atoms with Crippen molar-refractivity contribution in [1.29, 1.82) is 0 Å². The molecule has 0 radical (unpaired) electrons. The van der Waals surface area contributed by atoms with Gasteiger partial charge in [-0.3, -0.25) is 9.78 Å². The lowest BCUT2D eigenvalue weighted by Gasteiger charge is -2.35. The topological polar surface area (TPSA) is 30.0 Å². The average molecular weight is 336 g/mol. The highest BCUT2D eigenvalue weighted by atomic mass is 79.9. The molecule has 0 bridgehead atoms. The number of hydrogen-bond acceptors (Lipinski definition) is 2. The average Bonchev–Trinajstić information content (AvgIpc) is 2.46. The van der Waals surface area contributed by atoms with Gasteiger partial charge in [0, 0.05) is 23.5 Å². The highest BCUT2D eigenvalue weighted by Crippen LogP contribution is 2.38. The number of carbonyl (C=O) groups is 1. The van der Waals surface area contributed by atoms with Gasteiger partial charge in [0.05, 0.1) is 5.69 Å². The van der Waals surface area contributed by atoms with Crippen LogP contribution in [0.1, 0.15) is 45.2 Å². The summed E-state index contributed by atoms with van der Waals surface area (Å²) >= 11 is 3.39. The molecule has 0 spiro atoms. The summed E-state index contributed by atoms with van der Waals surface area (Å²) in [4.78, 5) is 16.3. The number of ketones is 1. The Hall–Kier alpha value is -0.960. The smallest absolute Gasteiger partial charge is 0.133 e. The maximum atomic E-state index is 11.9. The number of allylic oxidation sites excluding steroid dienone is 1. The molecule has 1 aliphatic carbocycles. The van der Waals surface area contributed by atoms with Crippen LogP contribution >= 0.6 is 15.9 Å². The lowest BCUT2D eigenvalue weighted by atomic mass is 9.69. The SMILES string of the molecule is CCC1CC(=O)CC(/C=C/c2ccc(Br)cn2)C1CC. The van der Waals surface area contributed by atoms with E-state index in [4.69, 9.17) is 0 Å². The molecule has 1 aromatic heterocycles. The molecule has 20 heavy (non-hydrogen) atoms. The van der Waals surface area contributed by atoms with Crippen LogP contribution in [-0.2, 0) is 4.79 Å². The van der Waals surface area contributed by atoms with Gasteiger partial charge in [0.1, 0.15) is 5.78 Å². The van der Waals surface area contributed by atoms with Gasteiger partial charge in [-0.25, -0.2) is 0 Å². The van der Waals surface area contributed by atoms with Crippen molar-refractivity contribution in [3.05, 3.63) is 34.6 Å². The lowest BCUT2D eigenvalue weighted by Crippen LogP contribution is -2.31. The second-order valence-electron chi connectivity index (χ2n) is 5.61. The number of nitrogens with zero attached hydrogens (tertiary/aromatic N) is 1. The van der Waals surface area contributed by atoms with Gasteiger partial charge in [0.2, 0.25) is 0 Å². The molecule has 1 saturated carbocycles. The molecule has 0 saturated heterocycles. The van der Waals surface area contributed by atoms with Gasteiger partial charge >= 0.3 is 0 Å². The first kappa shape index (κ1) is 15.4. The maximum Gasteiger partial charge on any atom is 0.133 e. The summed E-state index contributed by atoms with van der Waals surface area (Å²) in [5.74, 6) is 1.97. The van der Waals surface area contributed by atoms with Crippen molar-refractivity contribution in [2.24, 2.45) is 17.8 Å². The van der Waals surface area contributed by atoms with Crippen LogP contribution < -0.4 is 0 Å². The van der Waals surface area contributed by atoms with E-state index < -0.39 is 0 Å². The second-order valence-corrected chi connectivity index (χ2v) is 6.53. The minimum Gasteiger partial charge on any atom is -0.300 e. The van der Waals surface area contributed by atoms with E-state index in [1.54, 1.807) is 6.20 Å². The van der Waals surface area contributed by atoms with Crippen molar-refractivity contribution in [3.8, 4) is 0 Å². The van der Waals surface area contributed by atoms with E-state index in [1.165, 1.54) is 0 Å². The van der Waals surface area contributed by atoms with E-state index in [-0.39, 0.29) is 0 Å². The summed E-state index contributed by atoms with van der Waals surface area (Å²) in [6.45, 7) is 4.44. The maximum absolute atomic E-state index is 11.9. The minimum absolute atomic E-state index is 0.372. The molecular weight excluding hydrogens is 314 g/mol. The Morgan fingerprint density at radius 1 is 1.30 bits per heavy atom. The predicted molar refractivity (Wildman–Crippen MR) is 86.3 cm³/mol. The van der Waals surface area contributed by atoms with Crippen LogP contribution in [0.5, 0.6) is 0 Å². The van der Waals surface area contributed by atoms with Crippen LogP contribution in [0.4, 0.5) is 0 Å². The normalized spacial score (nSPS) is 27.1. The molecule has 108 valence electrons. The zero-order chi connectivity index (χ0) is 14.5. The zero-order valence-electron chi connectivity index (χ0n) is 12.2. The van der Waals surface area contributed by atoms with Crippen molar-refractivity contribution in [2.45, 2.75) is 39.5 Å². The van der Waals surface area contributed by atoms with Gasteiger partial charge in [-0.05, 0) is 51.9 Å². The summed E-state index contributed by atoms with van der Waals surface area (Å²) < 4.78 is 0.986. The highest BCUT2D eigenvalue weighted by molar-refractivity contribution is 9.10. The molecule has 2 nitrogen and oxygen atoms in total. The third-order valence-electron chi connectivity index (χ3n) is 4.37. The van der Waals surface area contributed by atoms with Gasteiger partial charge < -0.3 is 0 Å². The standard InChI is InChI=1S/C17H22BrNO/c1-3-12-9-16(20)10-13(17(12)4-2)5-7-15-8-6-14(18)11-19-15/h5-8,11-13,17H,3-4,9-10H2,1-2H3/b7-5+. The van der Waals surface area contributed by atoms with Crippen molar-refractivity contribution in [2.75, 3.05) is 0 Å². The van der Waals surface area contributed by atoms with Crippen molar-refractivity contribution >= 4 is 27.8 Å². The van der Waals surface area contributed by atoms with Gasteiger partial charge in [-0.2, -0.15) is 0 Å². The van der Waals surface area contributed by atoms with Crippen LogP contribution in [0, 0.1) is 17.8 Å². The van der Waals surface area contributed by atoms with Crippen molar-refractivity contribution in [3.63, 3.8) is 0 Å². The molecular formula is C17H22BrNO. The Morgan fingerprint density at radius 2 is 2.10 bits per heavy atom. The largest absolute Gasteiger partial charge is 0.300 e. The number of pyridine rings is 1. The van der Waals surface area contributed by atoms with Crippen LogP contribution in [-0.4, -0.2) is 10.8 Å². The summed E-state index contributed by atoms with van der Waals surface area (Å²) in [6.07, 6.45) is 9.78. The van der Waals surface area contributed by atoms with E-state index in [2.05, 4.69) is 46.9 Å². The van der Waals surface area contributed by atoms with E-state index in [1.807, 2.05) is 12.1 Å². The number of carbonyl (C=O) groups excluding carboxylic acids is 1. The summed E-state index contributed by atoms with van der Waals surface area (Å²) in [7, 11) is 0. The zero-order valence-corrected chi connectivity index (χ0v) is 13.8. The highest BCUT2D eigenvalue weighted by Gasteiger charge is 2.33. The number of aromatic nitrogens is 1. The fourth-order valence-corrected chi connectivity index (χ4v) is 3.53. The van der Waals surface area contributed by atoms with Gasteiger partial charge in [-0.15, -0.1) is 0 Å². The van der Waals surface area contributed by atoms with Crippen molar-refractivity contribution in [1.82, 2.24) is 4.98 Å². The molecule has 1 fully saturated rings. The third kappa shape index (κ3) is 3.78. The predicted octanol–water partition coefficient (Wildman–Crippen LogP) is 4.89. The van der Waals surface area contributed by atoms with E-state index >= 15 is 0 Å². The summed E-state index contributed by atoms with van der Waals surface area (Å²) in [5, 5.41) is 0. The number of Topliss-reactive ketones (excluding diaryl/α,β-unsaturated/α-hetero) is 1. The fourth-order valence-electron chi connectivity index (χ4n) is 3.29. The molecule has 2 rings (SSSR count). The number of halogens is 1. The first-order valence-corrected chi connectivity index (χ1v) is 8.24. The third-order valence-corrected chi connectivity index (χ3v) is 4.84. The van der Waals surface area contributed by atoms with Crippen LogP contribution in [0.15, 0.2) is 28.9 Å². The first-order valence-electron chi connectivity index (χ1n) is 7.45. The molecule has 0 aromatic carbocycles. The molecule has 1 aromatic rings. The Morgan fingerprint density at radius 3 is 2.70 bits per heavy atom. The first-order chi connectivity index (χ1) is 9.63. The minimum atomic E-state index is 0.372. The Bertz CT molecular complexity index is 480. The van der Waals surface area contributed by atoms with E-state index in [0.717, 1.165) is 29.4 Å². The van der Waals surface area contributed by atoms with Crippen LogP contribution in [0.25, 0.3) is 6.08 Å². The Kier molecular flexibility index (Phi) is 5.53. The number of rotatable bonds is 4. The molecule has 0 N–H and O–H groups in total. The molecule has 3 atom stereocenters. The Balaban J connectivity index is 2.12. The van der Waals surface area contributed by atoms with E-state index in [0.29, 0.717) is 30.0 Å². The second kappa shape index (κ2) is 7.16. The van der Waals surface area contributed by atoms with Crippen LogP contribution in [0.2, 0.25) is 0 Å². The fraction of sp³-hybridized carbons (Fsp3) is 0.529. The quantitative estimate of drug-likeness (QED) is 0.784. The summed E-state index contributed by atoms with van der Waals surface area (Å²) in [5.41, 5.74) is 0.953. The number of hydrogen-bond donors (Lipinski definition) is 0. The van der Waals surface area contributed by atoms with Crippen LogP contribution in [0.3, 0.4) is 0 Å². The molecule has 3 heteroatoms. The molecule has 1 aliphatic rings.